The quantitative estimate of drug-likeness (QED) is 0.418. The molecule has 12 heteroatoms. The van der Waals surface area contributed by atoms with Gasteiger partial charge in [0, 0.05) is 19.2 Å². The van der Waals surface area contributed by atoms with E-state index in [1.165, 1.54) is 18.5 Å². The molecule has 1 atom stereocenters. The molecular formula is C19H19F3N5O3S+. The molecule has 3 rings (SSSR count). The van der Waals surface area contributed by atoms with Gasteiger partial charge in [-0.05, 0) is 34.9 Å². The number of rotatable bonds is 7. The lowest BCUT2D eigenvalue weighted by molar-refractivity contribution is -0.138. The molecule has 2 N–H and O–H groups in total. The average Bonchev–Trinajstić information content (AvgIpc) is 3.06. The van der Waals surface area contributed by atoms with Gasteiger partial charge in [0.15, 0.2) is 11.9 Å². The van der Waals surface area contributed by atoms with Gasteiger partial charge in [-0.2, -0.15) is 23.0 Å². The number of halogens is 3. The van der Waals surface area contributed by atoms with Crippen molar-refractivity contribution in [3.8, 4) is 23.1 Å². The molecule has 2 heterocycles. The van der Waals surface area contributed by atoms with Crippen LogP contribution >= 0.6 is 0 Å². The number of aromatic nitrogens is 3. The Kier molecular flexibility index (Phi) is 6.30. The van der Waals surface area contributed by atoms with Gasteiger partial charge < -0.3 is 9.30 Å². The third-order valence-electron chi connectivity index (χ3n) is 4.35. The molecule has 0 bridgehead atoms. The predicted octanol–water partition coefficient (Wildman–Crippen LogP) is 3.40. The number of imidazole rings is 1. The van der Waals surface area contributed by atoms with Gasteiger partial charge in [-0.1, -0.05) is 0 Å². The largest absolute Gasteiger partial charge is 0.493 e. The number of pyridine rings is 1. The van der Waals surface area contributed by atoms with Gasteiger partial charge in [-0.25, -0.2) is 9.97 Å². The summed E-state index contributed by atoms with van der Waals surface area (Å²) in [6.45, 7) is 0.0274. The van der Waals surface area contributed by atoms with Crippen LogP contribution in [-0.2, 0) is 27.8 Å². The second-order valence-corrected chi connectivity index (χ2v) is 8.69. The van der Waals surface area contributed by atoms with Crippen LogP contribution in [0.3, 0.4) is 0 Å². The van der Waals surface area contributed by atoms with Crippen molar-refractivity contribution in [1.29, 1.82) is 5.26 Å². The summed E-state index contributed by atoms with van der Waals surface area (Å²) in [6.07, 6.45) is -1.85. The Hall–Kier alpha value is -3.01. The maximum Gasteiger partial charge on any atom is 0.419 e. The molecule has 2 aromatic heterocycles. The Morgan fingerprint density at radius 1 is 1.35 bits per heavy atom. The third-order valence-corrected chi connectivity index (χ3v) is 5.09. The Morgan fingerprint density at radius 2 is 2.10 bits per heavy atom. The lowest BCUT2D eigenvalue weighted by Gasteiger charge is -2.15. The van der Waals surface area contributed by atoms with Crippen molar-refractivity contribution < 1.29 is 26.7 Å². The van der Waals surface area contributed by atoms with Gasteiger partial charge in [0.05, 0.1) is 29.7 Å². The van der Waals surface area contributed by atoms with E-state index in [4.69, 9.17) is 9.29 Å². The summed E-state index contributed by atoms with van der Waals surface area (Å²) in [7, 11) is -1.42. The highest BCUT2D eigenvalue weighted by Crippen LogP contribution is 2.39. The number of nitriles is 1. The molecule has 0 radical (unpaired) electrons. The van der Waals surface area contributed by atoms with Crippen LogP contribution in [-0.4, -0.2) is 38.5 Å². The molecule has 0 saturated heterocycles. The predicted molar refractivity (Wildman–Crippen MR) is 108 cm³/mol. The summed E-state index contributed by atoms with van der Waals surface area (Å²) in [5.74, 6) is -0.361. The topological polar surface area (TPSA) is 113 Å². The first kappa shape index (κ1) is 22.7. The minimum atomic E-state index is -4.68. The zero-order valence-corrected chi connectivity index (χ0v) is 17.4. The molecule has 31 heavy (non-hydrogen) atoms. The van der Waals surface area contributed by atoms with Gasteiger partial charge in [0.2, 0.25) is 0 Å². The molecule has 3 aromatic rings. The number of benzene rings is 1. The summed E-state index contributed by atoms with van der Waals surface area (Å²) < 4.78 is 70.4. The normalized spacial score (nSPS) is 13.7. The first-order valence-corrected chi connectivity index (χ1v) is 10.9. The molecule has 1 aromatic carbocycles. The second-order valence-electron chi connectivity index (χ2n) is 6.80. The van der Waals surface area contributed by atoms with E-state index in [-0.39, 0.29) is 42.3 Å². The molecule has 8 nitrogen and oxygen atoms in total. The Bertz CT molecular complexity index is 1200. The summed E-state index contributed by atoms with van der Waals surface area (Å²) in [4.78, 5) is 8.26. The van der Waals surface area contributed by atoms with Crippen LogP contribution in [0.2, 0.25) is 0 Å². The van der Waals surface area contributed by atoms with E-state index < -0.39 is 22.1 Å². The van der Waals surface area contributed by atoms with Crippen molar-refractivity contribution in [3.05, 3.63) is 41.9 Å². The number of nitrogens with one attached hydrogen (secondary N) is 1. The fraction of sp³-hybridized carbons (Fsp3) is 0.316. The number of hydrogen-bond acceptors (Lipinski definition) is 5. The van der Waals surface area contributed by atoms with E-state index in [0.717, 1.165) is 12.3 Å². The van der Waals surface area contributed by atoms with E-state index in [2.05, 4.69) is 14.7 Å². The first-order chi connectivity index (χ1) is 14.5. The summed E-state index contributed by atoms with van der Waals surface area (Å²) >= 11 is 0. The molecule has 0 aliphatic rings. The standard InChI is InChI=1S/C19H18F3N5O3S/c1-27-11-24-18-15(10-23)26-14(9-16(18)27)12-4-5-17(13(8-12)19(20,21)22)30-7-3-6-25-31(2,28)29/h4-5,8-9,11H,3,6-7H2,1-2H3,(H-,25,28,29)/p+1. The lowest BCUT2D eigenvalue weighted by atomic mass is 10.1. The van der Waals surface area contributed by atoms with E-state index in [9.17, 15) is 22.6 Å². The molecule has 0 saturated carbocycles. The zero-order chi connectivity index (χ0) is 22.8. The van der Waals surface area contributed by atoms with Crippen molar-refractivity contribution in [3.63, 3.8) is 0 Å². The van der Waals surface area contributed by atoms with Crippen LogP contribution in [0.25, 0.3) is 22.3 Å². The number of alkyl halides is 3. The number of fused-ring (bicyclic) bond motifs is 1. The summed E-state index contributed by atoms with van der Waals surface area (Å²) in [5, 5.41) is 9.33. The molecular weight excluding hydrogens is 435 g/mol. The second kappa shape index (κ2) is 8.62. The number of aryl methyl sites for hydroxylation is 1. The minimum Gasteiger partial charge on any atom is -0.493 e. The Balaban J connectivity index is 1.90. The number of nitrogens with zero attached hydrogens (tertiary/aromatic N) is 4. The van der Waals surface area contributed by atoms with Crippen LogP contribution in [0.4, 0.5) is 13.2 Å². The third kappa shape index (κ3) is 5.38. The Morgan fingerprint density at radius 3 is 2.74 bits per heavy atom. The Labute approximate surface area is 177 Å². The minimum absolute atomic E-state index is 0.0193. The molecule has 0 fully saturated rings. The molecule has 0 aliphatic heterocycles. The van der Waals surface area contributed by atoms with E-state index in [1.807, 2.05) is 6.07 Å². The van der Waals surface area contributed by atoms with Crippen molar-refractivity contribution in [2.75, 3.05) is 19.4 Å². The number of ether oxygens (including phenoxy) is 1. The van der Waals surface area contributed by atoms with Gasteiger partial charge in [-0.3, -0.25) is 0 Å². The molecule has 0 amide bonds. The van der Waals surface area contributed by atoms with Gasteiger partial charge in [0.25, 0.3) is 10.4 Å². The SMILES string of the molecule is Cn1cnc2c(C#N)nc(-c3ccc(OCCCN[S+](C)(=O)O)c(C(F)(F)F)c3)cc21. The summed E-state index contributed by atoms with van der Waals surface area (Å²) in [6, 6.07) is 7.04. The smallest absolute Gasteiger partial charge is 0.419 e. The maximum absolute atomic E-state index is 13.6. The van der Waals surface area contributed by atoms with Crippen LogP contribution < -0.4 is 9.46 Å². The van der Waals surface area contributed by atoms with Crippen molar-refractivity contribution >= 4 is 21.4 Å². The molecule has 164 valence electrons. The fourth-order valence-corrected chi connectivity index (χ4v) is 3.43. The average molecular weight is 454 g/mol. The number of hydrogen-bond donors (Lipinski definition) is 2. The monoisotopic (exact) mass is 454 g/mol. The maximum atomic E-state index is 13.6. The van der Waals surface area contributed by atoms with Crippen molar-refractivity contribution in [2.45, 2.75) is 12.6 Å². The van der Waals surface area contributed by atoms with Crippen LogP contribution in [0.1, 0.15) is 17.7 Å². The fourth-order valence-electron chi connectivity index (χ4n) is 2.91. The van der Waals surface area contributed by atoms with Gasteiger partial charge in [-0.15, -0.1) is 4.72 Å². The van der Waals surface area contributed by atoms with E-state index in [0.29, 0.717) is 11.0 Å². The first-order valence-electron chi connectivity index (χ1n) is 9.02. The van der Waals surface area contributed by atoms with Crippen molar-refractivity contribution in [1.82, 2.24) is 19.3 Å². The van der Waals surface area contributed by atoms with Crippen LogP contribution in [0, 0.1) is 11.3 Å². The summed E-state index contributed by atoms with van der Waals surface area (Å²) in [5.41, 5.74) is 0.355. The van der Waals surface area contributed by atoms with Gasteiger partial charge in [0.1, 0.15) is 17.3 Å². The van der Waals surface area contributed by atoms with Crippen LogP contribution in [0.15, 0.2) is 30.6 Å². The highest BCUT2D eigenvalue weighted by atomic mass is 32.3. The molecule has 0 spiro atoms. The van der Waals surface area contributed by atoms with E-state index >= 15 is 0 Å². The zero-order valence-electron chi connectivity index (χ0n) is 16.6. The highest BCUT2D eigenvalue weighted by molar-refractivity contribution is 7.95. The lowest BCUT2D eigenvalue weighted by Crippen LogP contribution is -2.29. The van der Waals surface area contributed by atoms with Crippen molar-refractivity contribution in [2.24, 2.45) is 7.05 Å². The van der Waals surface area contributed by atoms with Gasteiger partial charge >= 0.3 is 6.18 Å². The van der Waals surface area contributed by atoms with E-state index in [1.54, 1.807) is 17.7 Å². The molecule has 1 unspecified atom stereocenters. The molecule has 0 aliphatic carbocycles. The highest BCUT2D eigenvalue weighted by Gasteiger charge is 2.35. The van der Waals surface area contributed by atoms with Crippen LogP contribution in [0.5, 0.6) is 5.75 Å².